The zero-order valence-electron chi connectivity index (χ0n) is 14.9. The molecule has 2 aromatic carbocycles. The highest BCUT2D eigenvalue weighted by atomic mass is 19.4. The SMILES string of the molecule is O=C(c1ccc(C(F)(F)F)cc1)N1CCCN(C(=O)c2ccccc2O)CC1. The molecule has 8 heteroatoms. The zero-order chi connectivity index (χ0) is 20.3. The second-order valence-electron chi connectivity index (χ2n) is 6.53. The van der Waals surface area contributed by atoms with Gasteiger partial charge in [0.25, 0.3) is 11.8 Å². The van der Waals surface area contributed by atoms with Gasteiger partial charge in [0.15, 0.2) is 0 Å². The summed E-state index contributed by atoms with van der Waals surface area (Å²) in [5, 5.41) is 9.86. The maximum Gasteiger partial charge on any atom is 0.416 e. The fourth-order valence-electron chi connectivity index (χ4n) is 3.13. The molecule has 0 aromatic heterocycles. The Kier molecular flexibility index (Phi) is 5.58. The molecule has 0 aliphatic carbocycles. The molecule has 148 valence electrons. The van der Waals surface area contributed by atoms with Gasteiger partial charge in [-0.25, -0.2) is 0 Å². The van der Waals surface area contributed by atoms with E-state index in [-0.39, 0.29) is 41.8 Å². The van der Waals surface area contributed by atoms with Crippen molar-refractivity contribution in [2.45, 2.75) is 12.6 Å². The van der Waals surface area contributed by atoms with E-state index in [9.17, 15) is 27.9 Å². The van der Waals surface area contributed by atoms with Gasteiger partial charge in [-0.1, -0.05) is 12.1 Å². The summed E-state index contributed by atoms with van der Waals surface area (Å²) in [7, 11) is 0. The van der Waals surface area contributed by atoms with Gasteiger partial charge in [-0.2, -0.15) is 13.2 Å². The van der Waals surface area contributed by atoms with Crippen molar-refractivity contribution in [3.8, 4) is 5.75 Å². The first-order valence-electron chi connectivity index (χ1n) is 8.81. The van der Waals surface area contributed by atoms with E-state index in [0.717, 1.165) is 12.1 Å². The molecule has 1 saturated heterocycles. The molecule has 0 radical (unpaired) electrons. The molecule has 1 heterocycles. The monoisotopic (exact) mass is 392 g/mol. The smallest absolute Gasteiger partial charge is 0.416 e. The lowest BCUT2D eigenvalue weighted by atomic mass is 10.1. The highest BCUT2D eigenvalue weighted by Gasteiger charge is 2.31. The highest BCUT2D eigenvalue weighted by Crippen LogP contribution is 2.29. The van der Waals surface area contributed by atoms with Crippen LogP contribution in [0.15, 0.2) is 48.5 Å². The predicted octanol–water partition coefficient (Wildman–Crippen LogP) is 3.40. The van der Waals surface area contributed by atoms with Crippen LogP contribution in [0, 0.1) is 0 Å². The van der Waals surface area contributed by atoms with Crippen LogP contribution in [0.5, 0.6) is 5.75 Å². The Hall–Kier alpha value is -3.03. The minimum absolute atomic E-state index is 0.102. The molecular formula is C20H19F3N2O3. The van der Waals surface area contributed by atoms with Crippen molar-refractivity contribution < 1.29 is 27.9 Å². The average Bonchev–Trinajstić information content (AvgIpc) is 2.93. The van der Waals surface area contributed by atoms with Crippen LogP contribution in [-0.2, 0) is 6.18 Å². The predicted molar refractivity (Wildman–Crippen MR) is 96.0 cm³/mol. The number of amides is 2. The van der Waals surface area contributed by atoms with E-state index in [1.807, 2.05) is 0 Å². The van der Waals surface area contributed by atoms with E-state index >= 15 is 0 Å². The quantitative estimate of drug-likeness (QED) is 0.852. The summed E-state index contributed by atoms with van der Waals surface area (Å²) in [4.78, 5) is 28.3. The molecule has 0 unspecified atom stereocenters. The number of nitrogens with zero attached hydrogens (tertiary/aromatic N) is 2. The van der Waals surface area contributed by atoms with Crippen molar-refractivity contribution in [2.24, 2.45) is 0 Å². The molecular weight excluding hydrogens is 373 g/mol. The van der Waals surface area contributed by atoms with E-state index in [4.69, 9.17) is 0 Å². The third kappa shape index (κ3) is 4.27. The minimum atomic E-state index is -4.45. The Morgan fingerprint density at radius 1 is 0.821 bits per heavy atom. The Morgan fingerprint density at radius 3 is 1.96 bits per heavy atom. The molecule has 28 heavy (non-hydrogen) atoms. The molecule has 0 atom stereocenters. The largest absolute Gasteiger partial charge is 0.507 e. The standard InChI is InChI=1S/C20H19F3N2O3/c21-20(22,23)15-8-6-14(7-9-15)18(27)24-10-3-11-25(13-12-24)19(28)16-4-1-2-5-17(16)26/h1-2,4-9,26H,3,10-13H2. The van der Waals surface area contributed by atoms with Crippen molar-refractivity contribution in [3.05, 3.63) is 65.2 Å². The summed E-state index contributed by atoms with van der Waals surface area (Å²) in [6, 6.07) is 10.4. The first-order chi connectivity index (χ1) is 13.3. The maximum atomic E-state index is 12.7. The summed E-state index contributed by atoms with van der Waals surface area (Å²) >= 11 is 0. The van der Waals surface area contributed by atoms with Gasteiger partial charge in [-0.15, -0.1) is 0 Å². The summed E-state index contributed by atoms with van der Waals surface area (Å²) in [6.45, 7) is 1.35. The van der Waals surface area contributed by atoms with E-state index in [2.05, 4.69) is 0 Å². The van der Waals surface area contributed by atoms with Gasteiger partial charge in [0.2, 0.25) is 0 Å². The second-order valence-corrected chi connectivity index (χ2v) is 6.53. The maximum absolute atomic E-state index is 12.7. The van der Waals surface area contributed by atoms with E-state index in [0.29, 0.717) is 19.5 Å². The number of carbonyl (C=O) groups is 2. The van der Waals surface area contributed by atoms with Crippen molar-refractivity contribution in [3.63, 3.8) is 0 Å². The van der Waals surface area contributed by atoms with Crippen molar-refractivity contribution >= 4 is 11.8 Å². The second kappa shape index (κ2) is 7.92. The molecule has 1 fully saturated rings. The number of halogens is 3. The normalized spacial score (nSPS) is 15.2. The lowest BCUT2D eigenvalue weighted by molar-refractivity contribution is -0.137. The topological polar surface area (TPSA) is 60.9 Å². The summed E-state index contributed by atoms with van der Waals surface area (Å²) < 4.78 is 38.0. The van der Waals surface area contributed by atoms with Gasteiger partial charge in [0.05, 0.1) is 11.1 Å². The molecule has 2 aromatic rings. The van der Waals surface area contributed by atoms with E-state index < -0.39 is 11.7 Å². The molecule has 0 saturated carbocycles. The van der Waals surface area contributed by atoms with Crippen LogP contribution in [0.1, 0.15) is 32.7 Å². The summed E-state index contributed by atoms with van der Waals surface area (Å²) in [5.41, 5.74) is -0.433. The highest BCUT2D eigenvalue weighted by molar-refractivity contribution is 5.97. The average molecular weight is 392 g/mol. The van der Waals surface area contributed by atoms with Crippen LogP contribution in [0.2, 0.25) is 0 Å². The van der Waals surface area contributed by atoms with E-state index in [1.165, 1.54) is 29.2 Å². The van der Waals surface area contributed by atoms with Gasteiger partial charge >= 0.3 is 6.18 Å². The van der Waals surface area contributed by atoms with Gasteiger partial charge in [-0.05, 0) is 42.8 Å². The Balaban J connectivity index is 1.67. The third-order valence-corrected chi connectivity index (χ3v) is 4.66. The van der Waals surface area contributed by atoms with Gasteiger partial charge in [-0.3, -0.25) is 9.59 Å². The van der Waals surface area contributed by atoms with Crippen molar-refractivity contribution in [2.75, 3.05) is 26.2 Å². The van der Waals surface area contributed by atoms with Crippen LogP contribution in [-0.4, -0.2) is 52.9 Å². The molecule has 1 aliphatic rings. The number of alkyl halides is 3. The molecule has 0 spiro atoms. The van der Waals surface area contributed by atoms with Crippen molar-refractivity contribution in [1.82, 2.24) is 9.80 Å². The molecule has 1 N–H and O–H groups in total. The van der Waals surface area contributed by atoms with Crippen LogP contribution in [0.4, 0.5) is 13.2 Å². The molecule has 1 aliphatic heterocycles. The first-order valence-corrected chi connectivity index (χ1v) is 8.81. The molecule has 2 amide bonds. The fourth-order valence-corrected chi connectivity index (χ4v) is 3.13. The number of hydrogen-bond acceptors (Lipinski definition) is 3. The van der Waals surface area contributed by atoms with Gasteiger partial charge in [0, 0.05) is 31.7 Å². The first kappa shape index (κ1) is 19.7. The Labute approximate surface area is 160 Å². The van der Waals surface area contributed by atoms with Gasteiger partial charge < -0.3 is 14.9 Å². The van der Waals surface area contributed by atoms with Crippen LogP contribution < -0.4 is 0 Å². The van der Waals surface area contributed by atoms with E-state index in [1.54, 1.807) is 17.0 Å². The number of para-hydroxylation sites is 1. The third-order valence-electron chi connectivity index (χ3n) is 4.66. The van der Waals surface area contributed by atoms with Crippen LogP contribution in [0.25, 0.3) is 0 Å². The number of phenols is 1. The molecule has 3 rings (SSSR count). The van der Waals surface area contributed by atoms with Crippen LogP contribution in [0.3, 0.4) is 0 Å². The minimum Gasteiger partial charge on any atom is -0.507 e. The van der Waals surface area contributed by atoms with Crippen LogP contribution >= 0.6 is 0 Å². The zero-order valence-corrected chi connectivity index (χ0v) is 14.9. The number of rotatable bonds is 2. The van der Waals surface area contributed by atoms with Crippen molar-refractivity contribution in [1.29, 1.82) is 0 Å². The van der Waals surface area contributed by atoms with Gasteiger partial charge in [0.1, 0.15) is 5.75 Å². The molecule has 5 nitrogen and oxygen atoms in total. The number of benzene rings is 2. The number of aromatic hydroxyl groups is 1. The number of hydrogen-bond donors (Lipinski definition) is 1. The lowest BCUT2D eigenvalue weighted by Gasteiger charge is -2.22. The fraction of sp³-hybridized carbons (Fsp3) is 0.300. The number of carbonyl (C=O) groups excluding carboxylic acids is 2. The summed E-state index contributed by atoms with van der Waals surface area (Å²) in [6.07, 6.45) is -3.92. The number of phenolic OH excluding ortho intramolecular Hbond substituents is 1. The summed E-state index contributed by atoms with van der Waals surface area (Å²) in [5.74, 6) is -0.790. The Morgan fingerprint density at radius 2 is 1.39 bits per heavy atom. The Bertz CT molecular complexity index is 866. The lowest BCUT2D eigenvalue weighted by Crippen LogP contribution is -2.37. The molecule has 0 bridgehead atoms.